The molecule has 5 aromatic rings. The van der Waals surface area contributed by atoms with E-state index in [1.807, 2.05) is 13.0 Å². The van der Waals surface area contributed by atoms with Gasteiger partial charge in [0.25, 0.3) is 5.56 Å². The number of amides is 1. The van der Waals surface area contributed by atoms with Gasteiger partial charge in [0.15, 0.2) is 0 Å². The third kappa shape index (κ3) is 5.55. The minimum Gasteiger partial charge on any atom is -0.444 e. The zero-order valence-electron chi connectivity index (χ0n) is 24.0. The third-order valence-corrected chi connectivity index (χ3v) is 7.31. The van der Waals surface area contributed by atoms with Gasteiger partial charge in [0.2, 0.25) is 11.9 Å². The fourth-order valence-corrected chi connectivity index (χ4v) is 5.53. The van der Waals surface area contributed by atoms with Crippen LogP contribution in [0.3, 0.4) is 0 Å². The number of carbonyl (C=O) groups is 1. The monoisotopic (exact) mass is 621 g/mol. The molecule has 1 aliphatic heterocycles. The van der Waals surface area contributed by atoms with Crippen molar-refractivity contribution in [3.63, 3.8) is 0 Å². The molecular formula is C29H26ClF2N9O3. The molecule has 0 saturated heterocycles. The Balaban J connectivity index is 1.32. The lowest BCUT2D eigenvalue weighted by atomic mass is 9.99. The second kappa shape index (κ2) is 10.9. The van der Waals surface area contributed by atoms with Crippen molar-refractivity contribution in [3.8, 4) is 28.2 Å². The zero-order chi connectivity index (χ0) is 31.3. The van der Waals surface area contributed by atoms with E-state index in [0.717, 1.165) is 0 Å². The maximum atomic E-state index is 15.4. The zero-order valence-corrected chi connectivity index (χ0v) is 24.7. The van der Waals surface area contributed by atoms with E-state index in [-0.39, 0.29) is 34.4 Å². The molecule has 0 aliphatic carbocycles. The van der Waals surface area contributed by atoms with Crippen LogP contribution in [0.2, 0.25) is 5.02 Å². The summed E-state index contributed by atoms with van der Waals surface area (Å²) in [6.07, 6.45) is 1.10. The van der Waals surface area contributed by atoms with Crippen molar-refractivity contribution in [3.05, 3.63) is 87.5 Å². The van der Waals surface area contributed by atoms with Gasteiger partial charge in [-0.3, -0.25) is 10.1 Å². The van der Waals surface area contributed by atoms with E-state index in [1.165, 1.54) is 33.8 Å². The average Bonchev–Trinajstić information content (AvgIpc) is 3.66. The van der Waals surface area contributed by atoms with Crippen LogP contribution in [0.4, 0.5) is 19.4 Å². The van der Waals surface area contributed by atoms with Gasteiger partial charge in [0.05, 0.1) is 23.0 Å². The van der Waals surface area contributed by atoms with Gasteiger partial charge in [0, 0.05) is 22.3 Å². The molecule has 44 heavy (non-hydrogen) atoms. The molecule has 4 aromatic heterocycles. The number of H-pyrrole nitrogens is 1. The fourth-order valence-electron chi connectivity index (χ4n) is 5.36. The maximum Gasteiger partial charge on any atom is 0.413 e. The number of rotatable bonds is 5. The quantitative estimate of drug-likeness (QED) is 0.250. The number of nitrogens with one attached hydrogen (secondary N) is 2. The van der Waals surface area contributed by atoms with Gasteiger partial charge in [-0.15, -0.1) is 5.10 Å². The van der Waals surface area contributed by atoms with Gasteiger partial charge in [-0.2, -0.15) is 18.4 Å². The molecule has 15 heteroatoms. The number of aromatic amines is 1. The number of aromatic nitrogens is 8. The Morgan fingerprint density at radius 2 is 1.89 bits per heavy atom. The molecule has 2 N–H and O–H groups in total. The molecule has 2 atom stereocenters. The summed E-state index contributed by atoms with van der Waals surface area (Å²) >= 11 is 6.29. The molecule has 226 valence electrons. The Labute approximate surface area is 254 Å². The van der Waals surface area contributed by atoms with Gasteiger partial charge < -0.3 is 14.3 Å². The number of imidazole rings is 1. The molecule has 6 rings (SSSR count). The number of hydrogen-bond acceptors (Lipinski definition) is 8. The second-order valence-electron chi connectivity index (χ2n) is 11.4. The first-order valence-corrected chi connectivity index (χ1v) is 14.0. The summed E-state index contributed by atoms with van der Waals surface area (Å²) in [5, 5.41) is 14.2. The number of carbonyl (C=O) groups excluding carboxylic acids is 1. The van der Waals surface area contributed by atoms with E-state index in [4.69, 9.17) is 16.3 Å². The van der Waals surface area contributed by atoms with Crippen molar-refractivity contribution in [1.82, 2.24) is 39.7 Å². The molecule has 0 radical (unpaired) electrons. The second-order valence-corrected chi connectivity index (χ2v) is 11.9. The minimum atomic E-state index is -0.986. The van der Waals surface area contributed by atoms with Gasteiger partial charge >= 0.3 is 6.09 Å². The van der Waals surface area contributed by atoms with Crippen molar-refractivity contribution < 1.29 is 18.3 Å². The number of tetrazole rings is 1. The minimum absolute atomic E-state index is 0.0357. The third-order valence-electron chi connectivity index (χ3n) is 7.08. The Bertz CT molecular complexity index is 1950. The first-order valence-electron chi connectivity index (χ1n) is 13.6. The van der Waals surface area contributed by atoms with Gasteiger partial charge in [-0.25, -0.2) is 9.78 Å². The van der Waals surface area contributed by atoms with Crippen LogP contribution in [-0.4, -0.2) is 51.4 Å². The largest absolute Gasteiger partial charge is 0.444 e. The van der Waals surface area contributed by atoms with Gasteiger partial charge in [-0.05, 0) is 85.5 Å². The number of fused-ring (bicyclic) bond motifs is 1. The molecule has 0 spiro atoms. The van der Waals surface area contributed by atoms with E-state index >= 15 is 8.78 Å². The van der Waals surface area contributed by atoms with E-state index < -0.39 is 29.6 Å². The summed E-state index contributed by atoms with van der Waals surface area (Å²) in [6, 6.07) is 10.4. The van der Waals surface area contributed by atoms with Crippen LogP contribution in [0.5, 0.6) is 0 Å². The number of benzene rings is 1. The molecule has 1 aromatic carbocycles. The highest BCUT2D eigenvalue weighted by Crippen LogP contribution is 2.39. The Morgan fingerprint density at radius 1 is 1.09 bits per heavy atom. The summed E-state index contributed by atoms with van der Waals surface area (Å²) in [5.41, 5.74) is 1.34. The summed E-state index contributed by atoms with van der Waals surface area (Å²) < 4.78 is 38.5. The number of pyridine rings is 2. The number of ether oxygens (including phenoxy) is 1. The van der Waals surface area contributed by atoms with Crippen molar-refractivity contribution >= 4 is 23.5 Å². The number of halogens is 3. The first-order chi connectivity index (χ1) is 20.9. The number of hydrogen-bond donors (Lipinski definition) is 2. The predicted octanol–water partition coefficient (Wildman–Crippen LogP) is 5.34. The first kappa shape index (κ1) is 29.1. The maximum absolute atomic E-state index is 15.4. The molecule has 1 aliphatic rings. The molecule has 5 heterocycles. The van der Waals surface area contributed by atoms with E-state index in [9.17, 15) is 9.59 Å². The van der Waals surface area contributed by atoms with Crippen molar-refractivity contribution in [2.45, 2.75) is 45.8 Å². The highest BCUT2D eigenvalue weighted by molar-refractivity contribution is 6.31. The molecule has 0 saturated carbocycles. The van der Waals surface area contributed by atoms with Crippen LogP contribution in [0.15, 0.2) is 53.6 Å². The van der Waals surface area contributed by atoms with E-state index in [0.29, 0.717) is 34.0 Å². The number of nitrogens with zero attached hydrogens (tertiary/aromatic N) is 7. The highest BCUT2D eigenvalue weighted by Gasteiger charge is 2.36. The van der Waals surface area contributed by atoms with Crippen LogP contribution >= 0.6 is 11.6 Å². The normalized spacial score (nSPS) is 16.2. The fraction of sp³-hybridized carbons (Fsp3) is 0.276. The Hall–Kier alpha value is -4.98. The Kier molecular flexibility index (Phi) is 7.24. The van der Waals surface area contributed by atoms with Crippen molar-refractivity contribution in [2.24, 2.45) is 5.92 Å². The Morgan fingerprint density at radius 3 is 2.59 bits per heavy atom. The lowest BCUT2D eigenvalue weighted by molar-refractivity contribution is 0.0635. The van der Waals surface area contributed by atoms with Crippen molar-refractivity contribution in [1.29, 1.82) is 0 Å². The molecule has 12 nitrogen and oxygen atoms in total. The molecule has 0 unspecified atom stereocenters. The van der Waals surface area contributed by atoms with Crippen molar-refractivity contribution in [2.75, 3.05) is 5.32 Å². The molecule has 1 amide bonds. The summed E-state index contributed by atoms with van der Waals surface area (Å²) in [5.74, 6) is -2.26. The van der Waals surface area contributed by atoms with Crippen LogP contribution in [0.1, 0.15) is 45.1 Å². The van der Waals surface area contributed by atoms with Gasteiger partial charge in [0.1, 0.15) is 23.6 Å². The van der Waals surface area contributed by atoms with Crippen LogP contribution < -0.4 is 10.9 Å². The summed E-state index contributed by atoms with van der Waals surface area (Å²) in [7, 11) is 0. The van der Waals surface area contributed by atoms with Crippen LogP contribution in [-0.2, 0) is 11.2 Å². The summed E-state index contributed by atoms with van der Waals surface area (Å²) in [6.45, 7) is 6.97. The smallest absolute Gasteiger partial charge is 0.413 e. The van der Waals surface area contributed by atoms with E-state index in [1.54, 1.807) is 39.0 Å². The number of anilines is 1. The topological polar surface area (TPSA) is 146 Å². The van der Waals surface area contributed by atoms with E-state index in [2.05, 4.69) is 35.8 Å². The molecular weight excluding hydrogens is 596 g/mol. The standard InChI is InChI=1S/C29H26ClF2N9O3/c1-14-9-17-10-15(19-12-16(30)5-7-20(19)40-13-33-38-39-40)11-22(42)41(17)24(14)23-26(32)37-27(36-23)18-6-8-21(34-25(18)31)35-28(43)44-29(2,3)4/h5-8,10-14,24H,9H2,1-4H3,(H,36,37)(H,34,35,43)/t14-,24-/m0/s1. The predicted molar refractivity (Wildman–Crippen MR) is 156 cm³/mol. The molecule has 0 fully saturated rings. The van der Waals surface area contributed by atoms with Crippen LogP contribution in [0.25, 0.3) is 28.2 Å². The van der Waals surface area contributed by atoms with Gasteiger partial charge in [-0.1, -0.05) is 18.5 Å². The lowest BCUT2D eigenvalue weighted by Gasteiger charge is -2.19. The lowest BCUT2D eigenvalue weighted by Crippen LogP contribution is -2.27. The molecule has 0 bridgehead atoms. The summed E-state index contributed by atoms with van der Waals surface area (Å²) in [4.78, 5) is 36.1. The average molecular weight is 622 g/mol. The SMILES string of the molecule is C[C@H]1Cc2cc(-c3cc(Cl)ccc3-n3cnnn3)cc(=O)n2[C@@H]1c1[nH]c(-c2ccc(NC(=O)OC(C)(C)C)nc2F)nc1F. The highest BCUT2D eigenvalue weighted by atomic mass is 35.5. The van der Waals surface area contributed by atoms with Crippen LogP contribution in [0, 0.1) is 17.8 Å².